The second-order valence-corrected chi connectivity index (χ2v) is 6.39. The number of carboxylic acid groups (broad SMARTS) is 1. The van der Waals surface area contributed by atoms with Gasteiger partial charge in [0.1, 0.15) is 6.04 Å². The van der Waals surface area contributed by atoms with Gasteiger partial charge in [0.05, 0.1) is 6.10 Å². The molecule has 4 heteroatoms. The lowest BCUT2D eigenvalue weighted by Gasteiger charge is -2.20. The molecule has 2 unspecified atom stereocenters. The zero-order chi connectivity index (χ0) is 16.1. The Morgan fingerprint density at radius 2 is 1.52 bits per heavy atom. The summed E-state index contributed by atoms with van der Waals surface area (Å²) in [4.78, 5) is 11.0. The minimum absolute atomic E-state index is 0.0258. The van der Waals surface area contributed by atoms with Crippen LogP contribution in [0, 0.1) is 5.92 Å². The molecule has 0 bridgehead atoms. The lowest BCUT2D eigenvalue weighted by Crippen LogP contribution is -2.44. The predicted molar refractivity (Wildman–Crippen MR) is 87.5 cm³/mol. The smallest absolute Gasteiger partial charge is 0.320 e. The van der Waals surface area contributed by atoms with Crippen molar-refractivity contribution >= 4 is 5.97 Å². The molecule has 0 aliphatic heterocycles. The third-order valence-electron chi connectivity index (χ3n) is 3.90. The van der Waals surface area contributed by atoms with Crippen LogP contribution in [0.3, 0.4) is 0 Å². The number of rotatable bonds is 14. The van der Waals surface area contributed by atoms with Gasteiger partial charge < -0.3 is 15.5 Å². The van der Waals surface area contributed by atoms with E-state index in [2.05, 4.69) is 12.2 Å². The molecule has 0 aromatic heterocycles. The number of hydrogen-bond donors (Lipinski definition) is 3. The summed E-state index contributed by atoms with van der Waals surface area (Å²) in [6, 6.07) is -0.571. The standard InChI is InChI=1S/C17H35NO3/c1-4-5-6-7-8-9-10-11-12-15(19)13-18-16(14(2)3)17(20)21/h14-16,18-19H,4-13H2,1-3H3,(H,20,21). The van der Waals surface area contributed by atoms with Crippen LogP contribution >= 0.6 is 0 Å². The first-order chi connectivity index (χ1) is 9.99. The second kappa shape index (κ2) is 13.1. The first kappa shape index (κ1) is 20.4. The number of aliphatic hydroxyl groups excluding tert-OH is 1. The third-order valence-corrected chi connectivity index (χ3v) is 3.90. The average Bonchev–Trinajstić information content (AvgIpc) is 2.41. The summed E-state index contributed by atoms with van der Waals surface area (Å²) in [6.45, 7) is 6.34. The van der Waals surface area contributed by atoms with E-state index in [1.807, 2.05) is 13.8 Å². The zero-order valence-corrected chi connectivity index (χ0v) is 14.1. The topological polar surface area (TPSA) is 69.6 Å². The molecule has 0 saturated heterocycles. The lowest BCUT2D eigenvalue weighted by atomic mass is 10.0. The Morgan fingerprint density at radius 1 is 1.00 bits per heavy atom. The highest BCUT2D eigenvalue weighted by Gasteiger charge is 2.21. The number of carbonyl (C=O) groups is 1. The summed E-state index contributed by atoms with van der Waals surface area (Å²) < 4.78 is 0. The molecule has 0 heterocycles. The van der Waals surface area contributed by atoms with Gasteiger partial charge in [0.15, 0.2) is 0 Å². The van der Waals surface area contributed by atoms with Crippen molar-refractivity contribution in [1.29, 1.82) is 0 Å². The van der Waals surface area contributed by atoms with Crippen molar-refractivity contribution in [3.05, 3.63) is 0 Å². The molecule has 21 heavy (non-hydrogen) atoms. The molecule has 126 valence electrons. The van der Waals surface area contributed by atoms with Crippen LogP contribution in [0.5, 0.6) is 0 Å². The number of aliphatic carboxylic acids is 1. The van der Waals surface area contributed by atoms with Crippen molar-refractivity contribution in [3.8, 4) is 0 Å². The van der Waals surface area contributed by atoms with E-state index in [1.54, 1.807) is 0 Å². The Balaban J connectivity index is 3.53. The van der Waals surface area contributed by atoms with E-state index in [1.165, 1.54) is 38.5 Å². The highest BCUT2D eigenvalue weighted by molar-refractivity contribution is 5.73. The lowest BCUT2D eigenvalue weighted by molar-refractivity contribution is -0.140. The van der Waals surface area contributed by atoms with Crippen LogP contribution in [0.2, 0.25) is 0 Å². The van der Waals surface area contributed by atoms with Gasteiger partial charge in [-0.15, -0.1) is 0 Å². The van der Waals surface area contributed by atoms with Crippen molar-refractivity contribution in [2.75, 3.05) is 6.54 Å². The predicted octanol–water partition coefficient (Wildman–Crippen LogP) is 3.58. The van der Waals surface area contributed by atoms with Crippen LogP contribution in [0.25, 0.3) is 0 Å². The number of nitrogens with one attached hydrogen (secondary N) is 1. The Kier molecular flexibility index (Phi) is 12.7. The Bertz CT molecular complexity index is 256. The van der Waals surface area contributed by atoms with Crippen molar-refractivity contribution < 1.29 is 15.0 Å². The summed E-state index contributed by atoms with van der Waals surface area (Å²) >= 11 is 0. The number of aliphatic hydroxyl groups is 1. The minimum atomic E-state index is -0.843. The zero-order valence-electron chi connectivity index (χ0n) is 14.1. The molecule has 0 rings (SSSR count). The average molecular weight is 301 g/mol. The highest BCUT2D eigenvalue weighted by atomic mass is 16.4. The molecule has 0 aliphatic rings. The van der Waals surface area contributed by atoms with Gasteiger partial charge in [-0.2, -0.15) is 0 Å². The molecular formula is C17H35NO3. The third kappa shape index (κ3) is 11.7. The van der Waals surface area contributed by atoms with Crippen LogP contribution in [-0.4, -0.2) is 34.9 Å². The fraction of sp³-hybridized carbons (Fsp3) is 0.941. The quantitative estimate of drug-likeness (QED) is 0.429. The summed E-state index contributed by atoms with van der Waals surface area (Å²) in [5.74, 6) is -0.817. The van der Waals surface area contributed by atoms with E-state index < -0.39 is 18.1 Å². The van der Waals surface area contributed by atoms with Crippen molar-refractivity contribution in [1.82, 2.24) is 5.32 Å². The van der Waals surface area contributed by atoms with E-state index in [0.717, 1.165) is 19.3 Å². The summed E-state index contributed by atoms with van der Waals surface area (Å²) in [6.07, 6.45) is 10.3. The van der Waals surface area contributed by atoms with E-state index in [-0.39, 0.29) is 5.92 Å². The Labute approximate surface area is 130 Å². The minimum Gasteiger partial charge on any atom is -0.480 e. The van der Waals surface area contributed by atoms with E-state index in [4.69, 9.17) is 5.11 Å². The molecular weight excluding hydrogens is 266 g/mol. The van der Waals surface area contributed by atoms with Gasteiger partial charge in [0, 0.05) is 6.54 Å². The maximum absolute atomic E-state index is 11.0. The number of carboxylic acids is 1. The molecule has 0 aromatic rings. The molecule has 4 nitrogen and oxygen atoms in total. The first-order valence-corrected chi connectivity index (χ1v) is 8.63. The molecule has 0 aromatic carbocycles. The van der Waals surface area contributed by atoms with E-state index in [0.29, 0.717) is 6.54 Å². The van der Waals surface area contributed by atoms with Gasteiger partial charge in [0.2, 0.25) is 0 Å². The molecule has 0 amide bonds. The summed E-state index contributed by atoms with van der Waals surface area (Å²) in [5.41, 5.74) is 0. The molecule has 3 N–H and O–H groups in total. The highest BCUT2D eigenvalue weighted by Crippen LogP contribution is 2.11. The van der Waals surface area contributed by atoms with Crippen molar-refractivity contribution in [2.24, 2.45) is 5.92 Å². The summed E-state index contributed by atoms with van der Waals surface area (Å²) in [7, 11) is 0. The van der Waals surface area contributed by atoms with Gasteiger partial charge in [-0.3, -0.25) is 4.79 Å². The van der Waals surface area contributed by atoms with Gasteiger partial charge in [0.25, 0.3) is 0 Å². The van der Waals surface area contributed by atoms with Gasteiger partial charge >= 0.3 is 5.97 Å². The molecule has 0 aliphatic carbocycles. The molecule has 0 radical (unpaired) electrons. The molecule has 0 saturated carbocycles. The van der Waals surface area contributed by atoms with Crippen molar-refractivity contribution in [3.63, 3.8) is 0 Å². The fourth-order valence-corrected chi connectivity index (χ4v) is 2.49. The molecule has 2 atom stereocenters. The van der Waals surface area contributed by atoms with Crippen LogP contribution < -0.4 is 5.32 Å². The Hall–Kier alpha value is -0.610. The first-order valence-electron chi connectivity index (χ1n) is 8.63. The van der Waals surface area contributed by atoms with Crippen LogP contribution in [0.15, 0.2) is 0 Å². The van der Waals surface area contributed by atoms with E-state index >= 15 is 0 Å². The molecule has 0 spiro atoms. The van der Waals surface area contributed by atoms with Crippen LogP contribution in [0.4, 0.5) is 0 Å². The summed E-state index contributed by atoms with van der Waals surface area (Å²) in [5, 5.41) is 21.9. The largest absolute Gasteiger partial charge is 0.480 e. The van der Waals surface area contributed by atoms with Gasteiger partial charge in [-0.05, 0) is 12.3 Å². The van der Waals surface area contributed by atoms with Gasteiger partial charge in [-0.25, -0.2) is 0 Å². The fourth-order valence-electron chi connectivity index (χ4n) is 2.49. The van der Waals surface area contributed by atoms with Crippen LogP contribution in [-0.2, 0) is 4.79 Å². The number of unbranched alkanes of at least 4 members (excludes halogenated alkanes) is 7. The van der Waals surface area contributed by atoms with Gasteiger partial charge in [-0.1, -0.05) is 72.1 Å². The monoisotopic (exact) mass is 301 g/mol. The normalized spacial score (nSPS) is 14.3. The van der Waals surface area contributed by atoms with Crippen LogP contribution in [0.1, 0.15) is 78.6 Å². The Morgan fingerprint density at radius 3 is 2.00 bits per heavy atom. The maximum Gasteiger partial charge on any atom is 0.320 e. The second-order valence-electron chi connectivity index (χ2n) is 6.39. The number of hydrogen-bond acceptors (Lipinski definition) is 3. The maximum atomic E-state index is 11.0. The SMILES string of the molecule is CCCCCCCCCCC(O)CNC(C(=O)O)C(C)C. The van der Waals surface area contributed by atoms with Crippen molar-refractivity contribution in [2.45, 2.75) is 90.7 Å². The molecule has 0 fully saturated rings. The van der Waals surface area contributed by atoms with E-state index in [9.17, 15) is 9.90 Å².